The van der Waals surface area contributed by atoms with E-state index < -0.39 is 0 Å². The van der Waals surface area contributed by atoms with Gasteiger partial charge in [-0.05, 0) is 25.5 Å². The van der Waals surface area contributed by atoms with Crippen molar-refractivity contribution in [3.63, 3.8) is 0 Å². The lowest BCUT2D eigenvalue weighted by Gasteiger charge is -2.07. The molecule has 0 atom stereocenters. The number of halogens is 1. The van der Waals surface area contributed by atoms with E-state index in [0.29, 0.717) is 17.4 Å². The Hall–Kier alpha value is -1.62. The monoisotopic (exact) mass is 270 g/mol. The van der Waals surface area contributed by atoms with Gasteiger partial charge in [0, 0.05) is 6.42 Å². The maximum atomic E-state index is 11.6. The van der Waals surface area contributed by atoms with Crippen molar-refractivity contribution in [3.05, 3.63) is 23.0 Å². The van der Waals surface area contributed by atoms with Crippen molar-refractivity contribution in [2.75, 3.05) is 11.9 Å². The van der Waals surface area contributed by atoms with Crippen LogP contribution in [0.3, 0.4) is 0 Å². The second-order valence-corrected chi connectivity index (χ2v) is 4.06. The Bertz CT molecular complexity index is 449. The van der Waals surface area contributed by atoms with E-state index in [-0.39, 0.29) is 24.7 Å². The van der Waals surface area contributed by atoms with Gasteiger partial charge in [0.15, 0.2) is 0 Å². The highest BCUT2D eigenvalue weighted by atomic mass is 35.5. The summed E-state index contributed by atoms with van der Waals surface area (Å²) in [7, 11) is 0. The van der Waals surface area contributed by atoms with Crippen molar-refractivity contribution in [3.8, 4) is 0 Å². The Morgan fingerprint density at radius 2 is 2.17 bits per heavy atom. The van der Waals surface area contributed by atoms with Crippen LogP contribution in [0.5, 0.6) is 0 Å². The molecule has 1 amide bonds. The van der Waals surface area contributed by atoms with Crippen LogP contribution in [0.1, 0.15) is 25.3 Å². The topological polar surface area (TPSA) is 68.3 Å². The van der Waals surface area contributed by atoms with E-state index in [1.54, 1.807) is 13.0 Å². The number of carbonyl (C=O) groups excluding carboxylic acids is 2. The average Bonchev–Trinajstić information content (AvgIpc) is 2.31. The van der Waals surface area contributed by atoms with E-state index in [2.05, 4.69) is 10.3 Å². The Labute approximate surface area is 110 Å². The van der Waals surface area contributed by atoms with Crippen LogP contribution >= 0.6 is 11.6 Å². The van der Waals surface area contributed by atoms with Crippen LogP contribution in [0.25, 0.3) is 0 Å². The molecule has 0 saturated heterocycles. The lowest BCUT2D eigenvalue weighted by Crippen LogP contribution is -2.15. The van der Waals surface area contributed by atoms with E-state index in [1.807, 2.05) is 6.92 Å². The molecule has 1 N–H and O–H groups in total. The minimum absolute atomic E-state index is 0.0692. The molecule has 1 heterocycles. The van der Waals surface area contributed by atoms with E-state index >= 15 is 0 Å². The van der Waals surface area contributed by atoms with Gasteiger partial charge in [0.25, 0.3) is 0 Å². The number of carbonyl (C=O) groups is 2. The zero-order valence-corrected chi connectivity index (χ0v) is 11.1. The minimum Gasteiger partial charge on any atom is -0.466 e. The van der Waals surface area contributed by atoms with Crippen molar-refractivity contribution < 1.29 is 14.3 Å². The number of anilines is 1. The van der Waals surface area contributed by atoms with E-state index in [9.17, 15) is 9.59 Å². The predicted octanol–water partition coefficient (Wildman–Crippen LogP) is 2.33. The summed E-state index contributed by atoms with van der Waals surface area (Å²) in [4.78, 5) is 26.5. The molecule has 1 aromatic heterocycles. The SMILES string of the molecule is CCOC(=O)CCC(=O)Nc1cnc(Cl)cc1C. The van der Waals surface area contributed by atoms with E-state index in [1.165, 1.54) is 6.20 Å². The largest absolute Gasteiger partial charge is 0.466 e. The maximum Gasteiger partial charge on any atom is 0.306 e. The molecule has 6 heteroatoms. The number of rotatable bonds is 5. The molecule has 0 radical (unpaired) electrons. The third-order valence-corrected chi connectivity index (χ3v) is 2.42. The van der Waals surface area contributed by atoms with Gasteiger partial charge in [0.1, 0.15) is 5.15 Å². The molecule has 0 fully saturated rings. The zero-order chi connectivity index (χ0) is 13.5. The van der Waals surface area contributed by atoms with Gasteiger partial charge in [-0.1, -0.05) is 11.6 Å². The van der Waals surface area contributed by atoms with Gasteiger partial charge in [-0.25, -0.2) is 4.98 Å². The zero-order valence-electron chi connectivity index (χ0n) is 10.3. The summed E-state index contributed by atoms with van der Waals surface area (Å²) in [5.74, 6) is -0.631. The third kappa shape index (κ3) is 4.71. The quantitative estimate of drug-likeness (QED) is 0.659. The standard InChI is InChI=1S/C12H15ClN2O3/c1-3-18-12(17)5-4-11(16)15-9-7-14-10(13)6-8(9)2/h6-7H,3-5H2,1-2H3,(H,15,16). The van der Waals surface area contributed by atoms with Crippen molar-refractivity contribution in [1.29, 1.82) is 0 Å². The molecule has 0 aliphatic heterocycles. The Morgan fingerprint density at radius 1 is 1.44 bits per heavy atom. The second-order valence-electron chi connectivity index (χ2n) is 3.68. The number of hydrogen-bond donors (Lipinski definition) is 1. The number of hydrogen-bond acceptors (Lipinski definition) is 4. The lowest BCUT2D eigenvalue weighted by molar-refractivity contribution is -0.144. The van der Waals surface area contributed by atoms with Gasteiger partial charge in [0.2, 0.25) is 5.91 Å². The first-order valence-corrected chi connectivity index (χ1v) is 5.98. The molecule has 0 bridgehead atoms. The fraction of sp³-hybridized carbons (Fsp3) is 0.417. The molecule has 1 rings (SSSR count). The summed E-state index contributed by atoms with van der Waals surface area (Å²) < 4.78 is 4.73. The van der Waals surface area contributed by atoms with Crippen LogP contribution in [0.15, 0.2) is 12.3 Å². The van der Waals surface area contributed by atoms with E-state index in [0.717, 1.165) is 5.56 Å². The first-order valence-electron chi connectivity index (χ1n) is 5.60. The molecule has 0 unspecified atom stereocenters. The van der Waals surface area contributed by atoms with Gasteiger partial charge in [0.05, 0.1) is 24.9 Å². The van der Waals surface area contributed by atoms with Gasteiger partial charge in [-0.3, -0.25) is 9.59 Å². The first kappa shape index (κ1) is 14.4. The molecule has 18 heavy (non-hydrogen) atoms. The second kappa shape index (κ2) is 6.96. The number of nitrogens with one attached hydrogen (secondary N) is 1. The third-order valence-electron chi connectivity index (χ3n) is 2.21. The number of amides is 1. The number of aryl methyl sites for hydroxylation is 1. The number of pyridine rings is 1. The summed E-state index contributed by atoms with van der Waals surface area (Å²) in [5, 5.41) is 3.04. The molecule has 0 aliphatic carbocycles. The summed E-state index contributed by atoms with van der Waals surface area (Å²) in [6.07, 6.45) is 1.64. The van der Waals surface area contributed by atoms with Crippen molar-refractivity contribution in [1.82, 2.24) is 4.98 Å². The minimum atomic E-state index is -0.376. The fourth-order valence-corrected chi connectivity index (χ4v) is 1.53. The normalized spacial score (nSPS) is 9.94. The fourth-order valence-electron chi connectivity index (χ4n) is 1.31. The summed E-state index contributed by atoms with van der Waals surface area (Å²) in [6, 6.07) is 1.66. The van der Waals surface area contributed by atoms with Crippen molar-refractivity contribution in [2.45, 2.75) is 26.7 Å². The van der Waals surface area contributed by atoms with Crippen LogP contribution in [0.2, 0.25) is 5.15 Å². The molecule has 0 aromatic carbocycles. The van der Waals surface area contributed by atoms with Crippen LogP contribution in [-0.4, -0.2) is 23.5 Å². The van der Waals surface area contributed by atoms with Gasteiger partial charge in [-0.15, -0.1) is 0 Å². The number of ether oxygens (including phenoxy) is 1. The van der Waals surface area contributed by atoms with Crippen LogP contribution in [0, 0.1) is 6.92 Å². The molecular formula is C12H15ClN2O3. The van der Waals surface area contributed by atoms with Gasteiger partial charge in [-0.2, -0.15) is 0 Å². The molecular weight excluding hydrogens is 256 g/mol. The maximum absolute atomic E-state index is 11.6. The molecule has 5 nitrogen and oxygen atoms in total. The smallest absolute Gasteiger partial charge is 0.306 e. The first-order chi connectivity index (χ1) is 8.52. The summed E-state index contributed by atoms with van der Waals surface area (Å²) in [5.41, 5.74) is 1.41. The summed E-state index contributed by atoms with van der Waals surface area (Å²) >= 11 is 5.71. The lowest BCUT2D eigenvalue weighted by atomic mass is 10.2. The van der Waals surface area contributed by atoms with Crippen LogP contribution in [0.4, 0.5) is 5.69 Å². The highest BCUT2D eigenvalue weighted by Gasteiger charge is 2.09. The summed E-state index contributed by atoms with van der Waals surface area (Å²) in [6.45, 7) is 3.86. The average molecular weight is 271 g/mol. The van der Waals surface area contributed by atoms with Crippen molar-refractivity contribution in [2.24, 2.45) is 0 Å². The molecule has 0 aliphatic rings. The van der Waals surface area contributed by atoms with Crippen molar-refractivity contribution >= 4 is 29.2 Å². The predicted molar refractivity (Wildman–Crippen MR) is 68.5 cm³/mol. The number of nitrogens with zero attached hydrogens (tertiary/aromatic N) is 1. The molecule has 0 spiro atoms. The molecule has 98 valence electrons. The Morgan fingerprint density at radius 3 is 2.78 bits per heavy atom. The van der Waals surface area contributed by atoms with Crippen LogP contribution < -0.4 is 5.32 Å². The van der Waals surface area contributed by atoms with Gasteiger partial charge < -0.3 is 10.1 Å². The Kier molecular flexibility index (Phi) is 5.58. The number of aromatic nitrogens is 1. The highest BCUT2D eigenvalue weighted by Crippen LogP contribution is 2.17. The van der Waals surface area contributed by atoms with Gasteiger partial charge >= 0.3 is 5.97 Å². The van der Waals surface area contributed by atoms with Crippen LogP contribution in [-0.2, 0) is 14.3 Å². The van der Waals surface area contributed by atoms with E-state index in [4.69, 9.17) is 16.3 Å². The number of esters is 1. The molecule has 1 aromatic rings. The highest BCUT2D eigenvalue weighted by molar-refractivity contribution is 6.29. The Balaban J connectivity index is 2.47. The molecule has 0 saturated carbocycles.